The highest BCUT2D eigenvalue weighted by molar-refractivity contribution is 6.30. The van der Waals surface area contributed by atoms with E-state index in [1.807, 2.05) is 30.3 Å². The van der Waals surface area contributed by atoms with Crippen LogP contribution in [0.3, 0.4) is 0 Å². The third kappa shape index (κ3) is 5.42. The Hall–Kier alpha value is -2.59. The summed E-state index contributed by atoms with van der Waals surface area (Å²) in [6, 6.07) is 16.3. The van der Waals surface area contributed by atoms with Crippen LogP contribution in [0.1, 0.15) is 11.1 Å². The van der Waals surface area contributed by atoms with Gasteiger partial charge in [0.25, 0.3) is 5.91 Å². The molecule has 0 aromatic heterocycles. The molecule has 5 heteroatoms. The van der Waals surface area contributed by atoms with Gasteiger partial charge in [0.15, 0.2) is 0 Å². The number of benzene rings is 2. The van der Waals surface area contributed by atoms with E-state index in [1.54, 1.807) is 30.3 Å². The van der Waals surface area contributed by atoms with Crippen LogP contribution < -0.4 is 10.9 Å². The second-order valence-electron chi connectivity index (χ2n) is 4.58. The lowest BCUT2D eigenvalue weighted by molar-refractivity contribution is -0.126. The first-order valence-corrected chi connectivity index (χ1v) is 7.08. The van der Waals surface area contributed by atoms with Crippen molar-refractivity contribution in [3.8, 4) is 0 Å². The first kappa shape index (κ1) is 15.8. The predicted molar refractivity (Wildman–Crippen MR) is 86.9 cm³/mol. The van der Waals surface area contributed by atoms with Crippen molar-refractivity contribution in [2.24, 2.45) is 0 Å². The summed E-state index contributed by atoms with van der Waals surface area (Å²) in [5, 5.41) is 0.634. The Labute approximate surface area is 133 Å². The second kappa shape index (κ2) is 8.00. The number of nitrogens with one attached hydrogen (secondary N) is 2. The number of hydrogen-bond acceptors (Lipinski definition) is 2. The summed E-state index contributed by atoms with van der Waals surface area (Å²) < 4.78 is 0. The number of carbonyl (C=O) groups is 2. The van der Waals surface area contributed by atoms with Crippen molar-refractivity contribution in [1.82, 2.24) is 10.9 Å². The van der Waals surface area contributed by atoms with E-state index in [0.717, 1.165) is 11.1 Å². The molecule has 2 amide bonds. The molecule has 0 atom stereocenters. The molecular weight excluding hydrogens is 300 g/mol. The number of amides is 2. The van der Waals surface area contributed by atoms with E-state index in [0.29, 0.717) is 5.02 Å². The van der Waals surface area contributed by atoms with Crippen molar-refractivity contribution in [3.63, 3.8) is 0 Å². The van der Waals surface area contributed by atoms with Gasteiger partial charge in [-0.1, -0.05) is 54.1 Å². The minimum Gasteiger partial charge on any atom is -0.273 e. The van der Waals surface area contributed by atoms with Crippen LogP contribution in [0, 0.1) is 0 Å². The van der Waals surface area contributed by atoms with Crippen LogP contribution in [-0.2, 0) is 16.0 Å². The first-order chi connectivity index (χ1) is 10.6. The molecular formula is C17H15ClN2O2. The molecule has 0 bridgehead atoms. The van der Waals surface area contributed by atoms with Crippen molar-refractivity contribution in [3.05, 3.63) is 76.8 Å². The smallest absolute Gasteiger partial charge is 0.262 e. The van der Waals surface area contributed by atoms with Gasteiger partial charge in [0, 0.05) is 11.1 Å². The maximum atomic E-state index is 11.7. The molecule has 0 radical (unpaired) electrons. The predicted octanol–water partition coefficient (Wildman–Crippen LogP) is 2.74. The minimum absolute atomic E-state index is 0.210. The standard InChI is InChI=1S/C17H15ClN2O2/c18-15-9-6-13(7-10-15)8-11-16(21)19-20-17(22)12-14-4-2-1-3-5-14/h1-11H,12H2,(H,19,21)(H,20,22)/b11-8+. The third-order valence-corrected chi connectivity index (χ3v) is 3.08. The average molecular weight is 315 g/mol. The molecule has 0 spiro atoms. The Morgan fingerprint density at radius 1 is 0.955 bits per heavy atom. The summed E-state index contributed by atoms with van der Waals surface area (Å²) in [5.41, 5.74) is 6.42. The molecule has 0 unspecified atom stereocenters. The SMILES string of the molecule is O=C(/C=C/c1ccc(Cl)cc1)NNC(=O)Cc1ccccc1. The summed E-state index contributed by atoms with van der Waals surface area (Å²) >= 11 is 5.77. The zero-order chi connectivity index (χ0) is 15.8. The van der Waals surface area contributed by atoms with Crippen LogP contribution in [0.4, 0.5) is 0 Å². The Balaban J connectivity index is 1.77. The molecule has 2 rings (SSSR count). The molecule has 0 aliphatic heterocycles. The van der Waals surface area contributed by atoms with Gasteiger partial charge in [-0.3, -0.25) is 20.4 Å². The van der Waals surface area contributed by atoms with Gasteiger partial charge in [0.1, 0.15) is 0 Å². The normalized spacial score (nSPS) is 10.4. The highest BCUT2D eigenvalue weighted by Crippen LogP contribution is 2.10. The van der Waals surface area contributed by atoms with Gasteiger partial charge in [-0.2, -0.15) is 0 Å². The van der Waals surface area contributed by atoms with E-state index in [-0.39, 0.29) is 12.3 Å². The largest absolute Gasteiger partial charge is 0.273 e. The van der Waals surface area contributed by atoms with E-state index in [9.17, 15) is 9.59 Å². The van der Waals surface area contributed by atoms with E-state index in [4.69, 9.17) is 11.6 Å². The van der Waals surface area contributed by atoms with E-state index in [1.165, 1.54) is 6.08 Å². The molecule has 22 heavy (non-hydrogen) atoms. The van der Waals surface area contributed by atoms with Gasteiger partial charge < -0.3 is 0 Å². The van der Waals surface area contributed by atoms with Gasteiger partial charge in [-0.25, -0.2) is 0 Å². The molecule has 4 nitrogen and oxygen atoms in total. The Morgan fingerprint density at radius 3 is 2.32 bits per heavy atom. The van der Waals surface area contributed by atoms with Gasteiger partial charge in [0.05, 0.1) is 6.42 Å². The van der Waals surface area contributed by atoms with Crippen molar-refractivity contribution in [2.45, 2.75) is 6.42 Å². The number of rotatable bonds is 4. The fourth-order valence-corrected chi connectivity index (χ4v) is 1.87. The van der Waals surface area contributed by atoms with Gasteiger partial charge in [0.2, 0.25) is 5.91 Å². The molecule has 2 aromatic carbocycles. The zero-order valence-electron chi connectivity index (χ0n) is 11.8. The molecule has 0 aliphatic carbocycles. The number of carbonyl (C=O) groups excluding carboxylic acids is 2. The summed E-state index contributed by atoms with van der Waals surface area (Å²) in [7, 11) is 0. The van der Waals surface area contributed by atoms with Crippen molar-refractivity contribution in [1.29, 1.82) is 0 Å². The lowest BCUT2D eigenvalue weighted by Gasteiger charge is -2.05. The summed E-state index contributed by atoms with van der Waals surface area (Å²) in [5.74, 6) is -0.684. The Kier molecular flexibility index (Phi) is 5.74. The molecule has 112 valence electrons. The molecule has 2 N–H and O–H groups in total. The maximum Gasteiger partial charge on any atom is 0.262 e. The van der Waals surface area contributed by atoms with Crippen LogP contribution in [0.15, 0.2) is 60.7 Å². The van der Waals surface area contributed by atoms with E-state index >= 15 is 0 Å². The van der Waals surface area contributed by atoms with E-state index < -0.39 is 5.91 Å². The lowest BCUT2D eigenvalue weighted by Crippen LogP contribution is -2.41. The van der Waals surface area contributed by atoms with Crippen molar-refractivity contribution in [2.75, 3.05) is 0 Å². The fourth-order valence-electron chi connectivity index (χ4n) is 1.74. The Bertz CT molecular complexity index is 667. The van der Waals surface area contributed by atoms with Crippen LogP contribution in [0.2, 0.25) is 5.02 Å². The monoisotopic (exact) mass is 314 g/mol. The Morgan fingerprint density at radius 2 is 1.64 bits per heavy atom. The van der Waals surface area contributed by atoms with Crippen LogP contribution in [0.25, 0.3) is 6.08 Å². The van der Waals surface area contributed by atoms with Crippen LogP contribution in [-0.4, -0.2) is 11.8 Å². The van der Waals surface area contributed by atoms with Gasteiger partial charge >= 0.3 is 0 Å². The molecule has 0 aliphatic rings. The highest BCUT2D eigenvalue weighted by atomic mass is 35.5. The fraction of sp³-hybridized carbons (Fsp3) is 0.0588. The number of halogens is 1. The third-order valence-electron chi connectivity index (χ3n) is 2.83. The van der Waals surface area contributed by atoms with Crippen molar-refractivity contribution < 1.29 is 9.59 Å². The zero-order valence-corrected chi connectivity index (χ0v) is 12.5. The summed E-state index contributed by atoms with van der Waals surface area (Å²) in [6.07, 6.45) is 3.18. The maximum absolute atomic E-state index is 11.7. The minimum atomic E-state index is -0.406. The van der Waals surface area contributed by atoms with Crippen LogP contribution in [0.5, 0.6) is 0 Å². The summed E-state index contributed by atoms with van der Waals surface area (Å²) in [4.78, 5) is 23.3. The van der Waals surface area contributed by atoms with Gasteiger partial charge in [-0.05, 0) is 29.3 Å². The highest BCUT2D eigenvalue weighted by Gasteiger charge is 2.03. The molecule has 0 saturated carbocycles. The number of hydrazine groups is 1. The van der Waals surface area contributed by atoms with Crippen LogP contribution >= 0.6 is 11.6 Å². The molecule has 2 aromatic rings. The van der Waals surface area contributed by atoms with Gasteiger partial charge in [-0.15, -0.1) is 0 Å². The average Bonchev–Trinajstić information content (AvgIpc) is 2.53. The van der Waals surface area contributed by atoms with E-state index in [2.05, 4.69) is 10.9 Å². The molecule has 0 saturated heterocycles. The quantitative estimate of drug-likeness (QED) is 0.673. The van der Waals surface area contributed by atoms with Crippen molar-refractivity contribution >= 4 is 29.5 Å². The first-order valence-electron chi connectivity index (χ1n) is 6.70. The summed E-state index contributed by atoms with van der Waals surface area (Å²) in [6.45, 7) is 0. The lowest BCUT2D eigenvalue weighted by atomic mass is 10.1. The second-order valence-corrected chi connectivity index (χ2v) is 5.02. The topological polar surface area (TPSA) is 58.2 Å². The molecule has 0 heterocycles. The molecule has 0 fully saturated rings. The number of hydrogen-bond donors (Lipinski definition) is 2.